The number of piperidine rings is 1. The molecule has 4 aromatic rings. The molecule has 0 N–H and O–H groups in total. The summed E-state index contributed by atoms with van der Waals surface area (Å²) in [5, 5.41) is 13.3. The summed E-state index contributed by atoms with van der Waals surface area (Å²) in [7, 11) is 0. The molecular formula is C20H20FN5O2. The van der Waals surface area contributed by atoms with E-state index < -0.39 is 0 Å². The lowest BCUT2D eigenvalue weighted by Crippen LogP contribution is -2.37. The van der Waals surface area contributed by atoms with Crippen LogP contribution in [0.25, 0.3) is 22.0 Å². The van der Waals surface area contributed by atoms with Gasteiger partial charge in [-0.3, -0.25) is 4.90 Å². The standard InChI is InChI=1S/C20H20FN5O2/c21-15-5-6-16-19(13-15)28-23-20(16)14-7-9-25(10-8-14)11-12-27-26-18-4-2-1-3-17(18)22-24-26/h1-6,13-14H,7-12H2. The Hall–Kier alpha value is -3.00. The van der Waals surface area contributed by atoms with Gasteiger partial charge in [0.2, 0.25) is 0 Å². The molecule has 0 aliphatic carbocycles. The molecule has 2 aromatic carbocycles. The SMILES string of the molecule is Fc1ccc2c(C3CCN(CCOn4nnc5ccccc54)CC3)noc2c1. The summed E-state index contributed by atoms with van der Waals surface area (Å²) in [6.45, 7) is 3.29. The van der Waals surface area contributed by atoms with Crippen LogP contribution in [-0.2, 0) is 0 Å². The first-order valence-electron chi connectivity index (χ1n) is 9.49. The van der Waals surface area contributed by atoms with Crippen molar-refractivity contribution in [2.24, 2.45) is 0 Å². The van der Waals surface area contributed by atoms with Crippen molar-refractivity contribution >= 4 is 22.0 Å². The molecule has 5 rings (SSSR count). The predicted octanol–water partition coefficient (Wildman–Crippen LogP) is 3.02. The molecule has 1 fully saturated rings. The average Bonchev–Trinajstić information content (AvgIpc) is 3.33. The third-order valence-electron chi connectivity index (χ3n) is 5.38. The number of hydrogen-bond acceptors (Lipinski definition) is 6. The molecule has 8 heteroatoms. The van der Waals surface area contributed by atoms with Crippen LogP contribution >= 0.6 is 0 Å². The number of likely N-dealkylation sites (tertiary alicyclic amines) is 1. The van der Waals surface area contributed by atoms with Crippen molar-refractivity contribution in [2.45, 2.75) is 18.8 Å². The zero-order chi connectivity index (χ0) is 18.9. The van der Waals surface area contributed by atoms with E-state index in [2.05, 4.69) is 20.4 Å². The van der Waals surface area contributed by atoms with Crippen LogP contribution in [-0.4, -0.2) is 51.5 Å². The Morgan fingerprint density at radius 3 is 2.89 bits per heavy atom. The van der Waals surface area contributed by atoms with Crippen molar-refractivity contribution in [1.29, 1.82) is 0 Å². The molecule has 1 aliphatic rings. The second-order valence-electron chi connectivity index (χ2n) is 7.11. The molecule has 2 aromatic heterocycles. The van der Waals surface area contributed by atoms with Crippen molar-refractivity contribution in [3.63, 3.8) is 0 Å². The fourth-order valence-electron chi connectivity index (χ4n) is 3.85. The maximum Gasteiger partial charge on any atom is 0.170 e. The highest BCUT2D eigenvalue weighted by Crippen LogP contribution is 2.32. The highest BCUT2D eigenvalue weighted by atomic mass is 19.1. The molecule has 144 valence electrons. The van der Waals surface area contributed by atoms with E-state index in [1.807, 2.05) is 24.3 Å². The van der Waals surface area contributed by atoms with Crippen molar-refractivity contribution in [2.75, 3.05) is 26.2 Å². The fraction of sp³-hybridized carbons (Fsp3) is 0.350. The van der Waals surface area contributed by atoms with E-state index in [4.69, 9.17) is 9.36 Å². The van der Waals surface area contributed by atoms with Crippen LogP contribution in [0.5, 0.6) is 0 Å². The van der Waals surface area contributed by atoms with Gasteiger partial charge in [-0.25, -0.2) is 4.39 Å². The summed E-state index contributed by atoms with van der Waals surface area (Å²) in [5.41, 5.74) is 3.16. The van der Waals surface area contributed by atoms with Gasteiger partial charge in [0.25, 0.3) is 0 Å². The normalized spacial score (nSPS) is 16.2. The molecule has 0 unspecified atom stereocenters. The van der Waals surface area contributed by atoms with Gasteiger partial charge in [-0.05, 0) is 55.4 Å². The predicted molar refractivity (Wildman–Crippen MR) is 101 cm³/mol. The lowest BCUT2D eigenvalue weighted by atomic mass is 9.91. The first-order chi connectivity index (χ1) is 13.8. The maximum atomic E-state index is 13.3. The van der Waals surface area contributed by atoms with Gasteiger partial charge < -0.3 is 9.36 Å². The van der Waals surface area contributed by atoms with Crippen molar-refractivity contribution in [1.82, 2.24) is 25.2 Å². The summed E-state index contributed by atoms with van der Waals surface area (Å²) < 4.78 is 18.6. The smallest absolute Gasteiger partial charge is 0.170 e. The zero-order valence-corrected chi connectivity index (χ0v) is 15.3. The highest BCUT2D eigenvalue weighted by molar-refractivity contribution is 5.80. The summed E-state index contributed by atoms with van der Waals surface area (Å²) in [4.78, 5) is 9.63. The topological polar surface area (TPSA) is 69.2 Å². The maximum absolute atomic E-state index is 13.3. The Morgan fingerprint density at radius 2 is 2.00 bits per heavy atom. The average molecular weight is 381 g/mol. The molecule has 7 nitrogen and oxygen atoms in total. The van der Waals surface area contributed by atoms with Gasteiger partial charge in [-0.1, -0.05) is 22.1 Å². The fourth-order valence-corrected chi connectivity index (χ4v) is 3.85. The molecule has 0 radical (unpaired) electrons. The molecule has 0 spiro atoms. The third-order valence-corrected chi connectivity index (χ3v) is 5.38. The van der Waals surface area contributed by atoms with Gasteiger partial charge in [-0.2, -0.15) is 0 Å². The number of hydrogen-bond donors (Lipinski definition) is 0. The molecule has 1 aliphatic heterocycles. The van der Waals surface area contributed by atoms with E-state index in [0.717, 1.165) is 54.6 Å². The van der Waals surface area contributed by atoms with E-state index >= 15 is 0 Å². The van der Waals surface area contributed by atoms with Crippen molar-refractivity contribution in [3.8, 4) is 0 Å². The van der Waals surface area contributed by atoms with Crippen molar-refractivity contribution in [3.05, 3.63) is 54.0 Å². The summed E-state index contributed by atoms with van der Waals surface area (Å²) >= 11 is 0. The van der Waals surface area contributed by atoms with E-state index in [-0.39, 0.29) is 5.82 Å². The van der Waals surface area contributed by atoms with E-state index in [1.165, 1.54) is 17.0 Å². The molecule has 1 saturated heterocycles. The van der Waals surface area contributed by atoms with Crippen LogP contribution in [0.15, 0.2) is 47.0 Å². The van der Waals surface area contributed by atoms with Gasteiger partial charge in [-0.15, -0.1) is 5.10 Å². The van der Waals surface area contributed by atoms with Crippen LogP contribution in [0.1, 0.15) is 24.5 Å². The molecule has 0 atom stereocenters. The Labute approximate surface area is 160 Å². The molecule has 3 heterocycles. The van der Waals surface area contributed by atoms with Gasteiger partial charge >= 0.3 is 0 Å². The second kappa shape index (κ2) is 7.20. The number of halogens is 1. The minimum Gasteiger partial charge on any atom is -0.394 e. The second-order valence-corrected chi connectivity index (χ2v) is 7.11. The molecule has 0 bridgehead atoms. The minimum atomic E-state index is -0.301. The first kappa shape index (κ1) is 17.1. The molecule has 0 amide bonds. The number of nitrogens with zero attached hydrogens (tertiary/aromatic N) is 5. The van der Waals surface area contributed by atoms with E-state index in [1.54, 1.807) is 6.07 Å². The van der Waals surface area contributed by atoms with Gasteiger partial charge in [0, 0.05) is 23.9 Å². The highest BCUT2D eigenvalue weighted by Gasteiger charge is 2.25. The molecule has 28 heavy (non-hydrogen) atoms. The monoisotopic (exact) mass is 381 g/mol. The molecular weight excluding hydrogens is 361 g/mol. The number of fused-ring (bicyclic) bond motifs is 2. The Bertz CT molecular complexity index is 1100. The largest absolute Gasteiger partial charge is 0.394 e. The van der Waals surface area contributed by atoms with Gasteiger partial charge in [0.05, 0.1) is 5.69 Å². The Balaban J connectivity index is 1.16. The van der Waals surface area contributed by atoms with E-state index in [0.29, 0.717) is 18.1 Å². The number of rotatable bonds is 5. The van der Waals surface area contributed by atoms with Crippen LogP contribution in [0, 0.1) is 5.82 Å². The third kappa shape index (κ3) is 3.20. The van der Waals surface area contributed by atoms with Gasteiger partial charge in [0.15, 0.2) is 5.58 Å². The lowest BCUT2D eigenvalue weighted by Gasteiger charge is -2.30. The molecule has 0 saturated carbocycles. The Kier molecular flexibility index (Phi) is 4.40. The quantitative estimate of drug-likeness (QED) is 0.529. The minimum absolute atomic E-state index is 0.301. The van der Waals surface area contributed by atoms with E-state index in [9.17, 15) is 4.39 Å². The van der Waals surface area contributed by atoms with Crippen LogP contribution < -0.4 is 4.84 Å². The van der Waals surface area contributed by atoms with Crippen LogP contribution in [0.4, 0.5) is 4.39 Å². The van der Waals surface area contributed by atoms with Gasteiger partial charge in [0.1, 0.15) is 23.5 Å². The Morgan fingerprint density at radius 1 is 1.14 bits per heavy atom. The summed E-state index contributed by atoms with van der Waals surface area (Å²) in [5.74, 6) is 0.0355. The zero-order valence-electron chi connectivity index (χ0n) is 15.3. The van der Waals surface area contributed by atoms with Crippen molar-refractivity contribution < 1.29 is 13.8 Å². The summed E-state index contributed by atoms with van der Waals surface area (Å²) in [6.07, 6.45) is 1.98. The lowest BCUT2D eigenvalue weighted by molar-refractivity contribution is 0.0616. The van der Waals surface area contributed by atoms with Crippen LogP contribution in [0.3, 0.4) is 0 Å². The first-order valence-corrected chi connectivity index (χ1v) is 9.49. The summed E-state index contributed by atoms with van der Waals surface area (Å²) in [6, 6.07) is 12.3. The van der Waals surface area contributed by atoms with Crippen LogP contribution in [0.2, 0.25) is 0 Å². The number of aromatic nitrogens is 4. The number of benzene rings is 2. The number of para-hydroxylation sites is 1.